The molecule has 3 rings (SSSR count). The number of thiophene rings is 1. The summed E-state index contributed by atoms with van der Waals surface area (Å²) in [5.74, 6) is -0.0202. The number of hydrogen-bond donors (Lipinski definition) is 1. The van der Waals surface area contributed by atoms with Crippen molar-refractivity contribution >= 4 is 32.7 Å². The Kier molecular flexibility index (Phi) is 4.17. The van der Waals surface area contributed by atoms with Gasteiger partial charge in [-0.05, 0) is 35.7 Å². The molecule has 0 bridgehead atoms. The minimum atomic E-state index is -4.93. The first-order chi connectivity index (χ1) is 11.5. The van der Waals surface area contributed by atoms with E-state index < -0.39 is 28.3 Å². The minimum absolute atomic E-state index is 0.0202. The number of aliphatic imine (C=N–C) groups is 1. The van der Waals surface area contributed by atoms with Crippen molar-refractivity contribution in [3.63, 3.8) is 0 Å². The molecule has 1 aliphatic rings. The molecule has 10 heteroatoms. The number of aliphatic hydroxyl groups is 1. The Morgan fingerprint density at radius 3 is 2.36 bits per heavy atom. The number of β-amino-alcohol motifs (C(OH)–C–C–N with tert-alkyl or cyclic N) is 1. The maximum Gasteiger partial charge on any atom is 0.440 e. The molecule has 1 atom stereocenters. The normalized spacial score (nSPS) is 21.5. The standard InChI is InChI=1S/C15H13F3N2O3S2/c1-25(22,23)12-4-2-11(3-5-12)20-9-14(21,15(16,17)18)19-13(20)10-6-7-24-8-10/h2-8,21H,9H2,1H3. The predicted molar refractivity (Wildman–Crippen MR) is 88.8 cm³/mol. The van der Waals surface area contributed by atoms with Gasteiger partial charge in [-0.3, -0.25) is 0 Å². The summed E-state index contributed by atoms with van der Waals surface area (Å²) >= 11 is 1.29. The first-order valence-corrected chi connectivity index (χ1v) is 9.84. The van der Waals surface area contributed by atoms with E-state index in [0.717, 1.165) is 6.26 Å². The Morgan fingerprint density at radius 1 is 1.24 bits per heavy atom. The molecule has 0 saturated heterocycles. The van der Waals surface area contributed by atoms with Crippen LogP contribution >= 0.6 is 11.3 Å². The molecule has 1 aliphatic heterocycles. The summed E-state index contributed by atoms with van der Waals surface area (Å²) in [5.41, 5.74) is -2.48. The number of hydrogen-bond acceptors (Lipinski definition) is 6. The molecule has 1 aromatic carbocycles. The van der Waals surface area contributed by atoms with Crippen LogP contribution in [0.25, 0.3) is 0 Å². The second-order valence-electron chi connectivity index (χ2n) is 5.61. The van der Waals surface area contributed by atoms with Crippen LogP contribution in [0, 0.1) is 0 Å². The van der Waals surface area contributed by atoms with Crippen molar-refractivity contribution in [2.75, 3.05) is 17.7 Å². The Morgan fingerprint density at radius 2 is 1.88 bits per heavy atom. The Bertz CT molecular complexity index is 906. The molecular formula is C15H13F3N2O3S2. The SMILES string of the molecule is CS(=O)(=O)c1ccc(N2CC(O)(C(F)(F)F)N=C2c2ccsc2)cc1. The summed E-state index contributed by atoms with van der Waals surface area (Å²) in [5, 5.41) is 13.3. The highest BCUT2D eigenvalue weighted by Crippen LogP contribution is 2.39. The highest BCUT2D eigenvalue weighted by Gasteiger charge is 2.58. The van der Waals surface area contributed by atoms with Crippen LogP contribution < -0.4 is 4.90 Å². The highest BCUT2D eigenvalue weighted by atomic mass is 32.2. The number of benzene rings is 1. The fourth-order valence-corrected chi connectivity index (χ4v) is 3.68. The van der Waals surface area contributed by atoms with E-state index in [4.69, 9.17) is 0 Å². The van der Waals surface area contributed by atoms with Gasteiger partial charge < -0.3 is 10.0 Å². The average Bonchev–Trinajstić information content (AvgIpc) is 3.13. The van der Waals surface area contributed by atoms with Crippen LogP contribution in [-0.4, -0.2) is 44.1 Å². The van der Waals surface area contributed by atoms with Gasteiger partial charge in [-0.2, -0.15) is 24.5 Å². The highest BCUT2D eigenvalue weighted by molar-refractivity contribution is 7.90. The molecule has 0 radical (unpaired) electrons. The lowest BCUT2D eigenvalue weighted by molar-refractivity contribution is -0.249. The first kappa shape index (κ1) is 17.9. The van der Waals surface area contributed by atoms with E-state index >= 15 is 0 Å². The van der Waals surface area contributed by atoms with Crippen molar-refractivity contribution in [2.45, 2.75) is 16.8 Å². The topological polar surface area (TPSA) is 70.0 Å². The number of rotatable bonds is 3. The molecule has 0 saturated carbocycles. The monoisotopic (exact) mass is 390 g/mol. The third kappa shape index (κ3) is 3.29. The second kappa shape index (κ2) is 5.82. The van der Waals surface area contributed by atoms with Crippen LogP contribution in [0.1, 0.15) is 5.56 Å². The summed E-state index contributed by atoms with van der Waals surface area (Å²) in [6.07, 6.45) is -3.89. The molecule has 0 spiro atoms. The van der Waals surface area contributed by atoms with E-state index in [-0.39, 0.29) is 10.7 Å². The van der Waals surface area contributed by atoms with Gasteiger partial charge in [-0.15, -0.1) is 0 Å². The van der Waals surface area contributed by atoms with Gasteiger partial charge in [0.25, 0.3) is 5.72 Å². The molecule has 5 nitrogen and oxygen atoms in total. The van der Waals surface area contributed by atoms with Crippen molar-refractivity contribution in [3.05, 3.63) is 46.7 Å². The average molecular weight is 390 g/mol. The van der Waals surface area contributed by atoms with Crippen LogP contribution in [0.5, 0.6) is 0 Å². The molecule has 2 aromatic rings. The third-order valence-corrected chi connectivity index (χ3v) is 5.55. The summed E-state index contributed by atoms with van der Waals surface area (Å²) in [4.78, 5) is 4.80. The van der Waals surface area contributed by atoms with E-state index in [1.54, 1.807) is 16.8 Å². The number of nitrogens with zero attached hydrogens (tertiary/aromatic N) is 2. The quantitative estimate of drug-likeness (QED) is 0.875. The Balaban J connectivity index is 2.04. The van der Waals surface area contributed by atoms with Crippen LogP contribution in [0.3, 0.4) is 0 Å². The minimum Gasteiger partial charge on any atom is -0.361 e. The molecule has 25 heavy (non-hydrogen) atoms. The molecule has 134 valence electrons. The fourth-order valence-electron chi connectivity index (χ4n) is 2.42. The predicted octanol–water partition coefficient (Wildman–Crippen LogP) is 2.67. The molecule has 2 heterocycles. The van der Waals surface area contributed by atoms with E-state index in [0.29, 0.717) is 11.3 Å². The third-order valence-electron chi connectivity index (χ3n) is 3.74. The largest absolute Gasteiger partial charge is 0.440 e. The summed E-state index contributed by atoms with van der Waals surface area (Å²) in [6, 6.07) is 6.99. The van der Waals surface area contributed by atoms with Crippen molar-refractivity contribution in [2.24, 2.45) is 4.99 Å². The molecule has 1 aromatic heterocycles. The van der Waals surface area contributed by atoms with Crippen molar-refractivity contribution in [1.82, 2.24) is 0 Å². The molecule has 1 unspecified atom stereocenters. The number of halogens is 3. The van der Waals surface area contributed by atoms with Crippen LogP contribution in [0.15, 0.2) is 51.0 Å². The summed E-state index contributed by atoms with van der Waals surface area (Å²) < 4.78 is 62.7. The van der Waals surface area contributed by atoms with E-state index in [1.807, 2.05) is 0 Å². The van der Waals surface area contributed by atoms with Gasteiger partial charge in [0.2, 0.25) is 0 Å². The van der Waals surface area contributed by atoms with Gasteiger partial charge in [-0.1, -0.05) is 0 Å². The Hall–Kier alpha value is -1.91. The second-order valence-corrected chi connectivity index (χ2v) is 8.41. The molecular weight excluding hydrogens is 377 g/mol. The lowest BCUT2D eigenvalue weighted by atomic mass is 10.2. The molecule has 0 aliphatic carbocycles. The number of alkyl halides is 3. The van der Waals surface area contributed by atoms with Gasteiger partial charge in [-0.25, -0.2) is 13.4 Å². The molecule has 0 amide bonds. The lowest BCUT2D eigenvalue weighted by Crippen LogP contribution is -2.47. The smallest absolute Gasteiger partial charge is 0.361 e. The Labute approximate surface area is 146 Å². The zero-order valence-corrected chi connectivity index (χ0v) is 14.5. The van der Waals surface area contributed by atoms with Gasteiger partial charge in [0.05, 0.1) is 11.4 Å². The maximum absolute atomic E-state index is 13.2. The maximum atomic E-state index is 13.2. The van der Waals surface area contributed by atoms with Crippen molar-refractivity contribution < 1.29 is 26.7 Å². The van der Waals surface area contributed by atoms with Crippen LogP contribution in [0.2, 0.25) is 0 Å². The van der Waals surface area contributed by atoms with Gasteiger partial charge in [0.15, 0.2) is 9.84 Å². The van der Waals surface area contributed by atoms with Gasteiger partial charge in [0, 0.05) is 22.9 Å². The van der Waals surface area contributed by atoms with Crippen LogP contribution in [0.4, 0.5) is 18.9 Å². The molecule has 0 fully saturated rings. The van der Waals surface area contributed by atoms with Gasteiger partial charge in [0.1, 0.15) is 5.84 Å². The van der Waals surface area contributed by atoms with Gasteiger partial charge >= 0.3 is 6.18 Å². The molecule has 1 N–H and O–H groups in total. The number of sulfone groups is 1. The van der Waals surface area contributed by atoms with E-state index in [2.05, 4.69) is 4.99 Å². The summed E-state index contributed by atoms with van der Waals surface area (Å²) in [6.45, 7) is -0.806. The zero-order valence-electron chi connectivity index (χ0n) is 12.9. The fraction of sp³-hybridized carbons (Fsp3) is 0.267. The summed E-state index contributed by atoms with van der Waals surface area (Å²) in [7, 11) is -3.42. The lowest BCUT2D eigenvalue weighted by Gasteiger charge is -2.25. The van der Waals surface area contributed by atoms with Crippen molar-refractivity contribution in [1.29, 1.82) is 0 Å². The van der Waals surface area contributed by atoms with E-state index in [9.17, 15) is 26.7 Å². The van der Waals surface area contributed by atoms with E-state index in [1.165, 1.54) is 40.5 Å². The zero-order chi connectivity index (χ0) is 18.5. The first-order valence-electron chi connectivity index (χ1n) is 7.00. The number of anilines is 1. The van der Waals surface area contributed by atoms with Crippen molar-refractivity contribution in [3.8, 4) is 0 Å². The van der Waals surface area contributed by atoms with Crippen LogP contribution in [-0.2, 0) is 9.84 Å². The number of amidine groups is 1.